The van der Waals surface area contributed by atoms with Crippen molar-refractivity contribution in [3.05, 3.63) is 41.7 Å². The summed E-state index contributed by atoms with van der Waals surface area (Å²) in [4.78, 5) is 7.36. The van der Waals surface area contributed by atoms with Gasteiger partial charge in [0.15, 0.2) is 0 Å². The molecule has 0 amide bonds. The number of aromatic nitrogens is 2. The van der Waals surface area contributed by atoms with Crippen molar-refractivity contribution >= 4 is 5.95 Å². The lowest BCUT2D eigenvalue weighted by Crippen LogP contribution is -2.14. The maximum atomic E-state index is 12.8. The molecule has 0 unspecified atom stereocenters. The maximum absolute atomic E-state index is 12.8. The highest BCUT2D eigenvalue weighted by molar-refractivity contribution is 5.43. The number of benzene rings is 1. The quantitative estimate of drug-likeness (QED) is 0.818. The Balaban J connectivity index is 1.74. The fraction of sp³-hybridized carbons (Fsp3) is 0.444. The van der Waals surface area contributed by atoms with Crippen LogP contribution in [0.4, 0.5) is 19.1 Å². The molecule has 0 saturated heterocycles. The first kappa shape index (κ1) is 18.3. The standard InChI is InChI=1S/C18H20F3N3O2/c1-25-14-7-6-12(15(10-14)26-13-4-2-3-5-13)11-23-17-22-9-8-16(24-17)18(19,20)21/h6-10,13H,2-5,11H2,1H3,(H,22,23,24). The Morgan fingerprint density at radius 1 is 1.19 bits per heavy atom. The van der Waals surface area contributed by atoms with Crippen molar-refractivity contribution in [2.45, 2.75) is 44.5 Å². The van der Waals surface area contributed by atoms with Crippen LogP contribution < -0.4 is 14.8 Å². The first-order chi connectivity index (χ1) is 12.5. The van der Waals surface area contributed by atoms with Crippen LogP contribution in [0.5, 0.6) is 11.5 Å². The summed E-state index contributed by atoms with van der Waals surface area (Å²) in [5, 5.41) is 2.83. The van der Waals surface area contributed by atoms with E-state index in [1.165, 1.54) is 0 Å². The number of nitrogens with zero attached hydrogens (tertiary/aromatic N) is 2. The predicted molar refractivity (Wildman–Crippen MR) is 90.2 cm³/mol. The summed E-state index contributed by atoms with van der Waals surface area (Å²) in [6, 6.07) is 6.24. The van der Waals surface area contributed by atoms with Crippen molar-refractivity contribution in [2.75, 3.05) is 12.4 Å². The topological polar surface area (TPSA) is 56.3 Å². The van der Waals surface area contributed by atoms with Crippen molar-refractivity contribution in [2.24, 2.45) is 0 Å². The van der Waals surface area contributed by atoms with E-state index in [0.29, 0.717) is 11.5 Å². The van der Waals surface area contributed by atoms with Crippen LogP contribution >= 0.6 is 0 Å². The van der Waals surface area contributed by atoms with E-state index in [0.717, 1.165) is 43.5 Å². The second kappa shape index (κ2) is 7.80. The van der Waals surface area contributed by atoms with Crippen molar-refractivity contribution in [1.82, 2.24) is 9.97 Å². The molecule has 1 saturated carbocycles. The Labute approximate surface area is 149 Å². The molecular formula is C18H20F3N3O2. The third-order valence-corrected chi connectivity index (χ3v) is 4.25. The molecule has 0 spiro atoms. The molecule has 5 nitrogen and oxygen atoms in total. The molecule has 1 heterocycles. The van der Waals surface area contributed by atoms with E-state index in [-0.39, 0.29) is 18.6 Å². The molecule has 140 valence electrons. The molecule has 3 rings (SSSR count). The number of rotatable bonds is 6. The van der Waals surface area contributed by atoms with Gasteiger partial charge in [0.1, 0.15) is 17.2 Å². The van der Waals surface area contributed by atoms with Gasteiger partial charge in [0, 0.05) is 24.4 Å². The Hall–Kier alpha value is -2.51. The number of alkyl halides is 3. The monoisotopic (exact) mass is 367 g/mol. The van der Waals surface area contributed by atoms with Gasteiger partial charge < -0.3 is 14.8 Å². The molecule has 0 atom stereocenters. The number of ether oxygens (including phenoxy) is 2. The summed E-state index contributed by atoms with van der Waals surface area (Å²) in [5.41, 5.74) is -0.175. The minimum atomic E-state index is -4.50. The zero-order valence-corrected chi connectivity index (χ0v) is 14.3. The fourth-order valence-corrected chi connectivity index (χ4v) is 2.88. The summed E-state index contributed by atoms with van der Waals surface area (Å²) in [5.74, 6) is 1.25. The summed E-state index contributed by atoms with van der Waals surface area (Å²) < 4.78 is 49.6. The van der Waals surface area contributed by atoms with E-state index in [9.17, 15) is 13.2 Å². The molecule has 0 bridgehead atoms. The number of halogens is 3. The molecule has 1 aromatic carbocycles. The molecular weight excluding hydrogens is 347 g/mol. The lowest BCUT2D eigenvalue weighted by atomic mass is 10.2. The Morgan fingerprint density at radius 3 is 2.65 bits per heavy atom. The third-order valence-electron chi connectivity index (χ3n) is 4.25. The fourth-order valence-electron chi connectivity index (χ4n) is 2.88. The van der Waals surface area contributed by atoms with Gasteiger partial charge in [0.05, 0.1) is 13.2 Å². The number of hydrogen-bond acceptors (Lipinski definition) is 5. The highest BCUT2D eigenvalue weighted by Crippen LogP contribution is 2.31. The average molecular weight is 367 g/mol. The molecule has 1 aliphatic rings. The van der Waals surface area contributed by atoms with Crippen LogP contribution in [0.3, 0.4) is 0 Å². The summed E-state index contributed by atoms with van der Waals surface area (Å²) in [7, 11) is 1.57. The van der Waals surface area contributed by atoms with Crippen LogP contribution in [0.25, 0.3) is 0 Å². The van der Waals surface area contributed by atoms with Crippen molar-refractivity contribution in [3.63, 3.8) is 0 Å². The van der Waals surface area contributed by atoms with Crippen LogP contribution in [0.1, 0.15) is 36.9 Å². The van der Waals surface area contributed by atoms with Gasteiger partial charge in [0.25, 0.3) is 0 Å². The molecule has 0 radical (unpaired) electrons. The van der Waals surface area contributed by atoms with Gasteiger partial charge in [-0.3, -0.25) is 0 Å². The third kappa shape index (κ3) is 4.56. The largest absolute Gasteiger partial charge is 0.497 e. The molecule has 2 aromatic rings. The minimum absolute atomic E-state index is 0.0811. The second-order valence-corrected chi connectivity index (χ2v) is 6.11. The Kier molecular flexibility index (Phi) is 5.49. The van der Waals surface area contributed by atoms with Crippen LogP contribution in [-0.2, 0) is 12.7 Å². The molecule has 1 aliphatic carbocycles. The van der Waals surface area contributed by atoms with Gasteiger partial charge in [-0.15, -0.1) is 0 Å². The zero-order valence-electron chi connectivity index (χ0n) is 14.3. The van der Waals surface area contributed by atoms with Crippen molar-refractivity contribution < 1.29 is 22.6 Å². The van der Waals surface area contributed by atoms with Gasteiger partial charge in [0.2, 0.25) is 5.95 Å². The van der Waals surface area contributed by atoms with Crippen LogP contribution in [-0.4, -0.2) is 23.2 Å². The summed E-state index contributed by atoms with van der Waals surface area (Å²) in [6.45, 7) is 0.243. The van der Waals surface area contributed by atoms with E-state index < -0.39 is 11.9 Å². The summed E-state index contributed by atoms with van der Waals surface area (Å²) >= 11 is 0. The second-order valence-electron chi connectivity index (χ2n) is 6.11. The smallest absolute Gasteiger partial charge is 0.433 e. The number of methoxy groups -OCH3 is 1. The molecule has 1 N–H and O–H groups in total. The van der Waals surface area contributed by atoms with Gasteiger partial charge in [-0.2, -0.15) is 13.2 Å². The first-order valence-corrected chi connectivity index (χ1v) is 8.43. The molecule has 26 heavy (non-hydrogen) atoms. The molecule has 8 heteroatoms. The van der Waals surface area contributed by atoms with Crippen molar-refractivity contribution in [1.29, 1.82) is 0 Å². The highest BCUT2D eigenvalue weighted by Gasteiger charge is 2.32. The van der Waals surface area contributed by atoms with Gasteiger partial charge in [-0.1, -0.05) is 0 Å². The lowest BCUT2D eigenvalue weighted by molar-refractivity contribution is -0.141. The SMILES string of the molecule is COc1ccc(CNc2nccc(C(F)(F)F)n2)c(OC2CCCC2)c1. The van der Waals surface area contributed by atoms with Gasteiger partial charge in [-0.05, 0) is 43.9 Å². The van der Waals surface area contributed by atoms with E-state index >= 15 is 0 Å². The van der Waals surface area contributed by atoms with E-state index in [1.807, 2.05) is 6.07 Å². The normalized spacial score (nSPS) is 15.1. The number of hydrogen-bond donors (Lipinski definition) is 1. The van der Waals surface area contributed by atoms with E-state index in [1.54, 1.807) is 19.2 Å². The first-order valence-electron chi connectivity index (χ1n) is 8.43. The lowest BCUT2D eigenvalue weighted by Gasteiger charge is -2.18. The zero-order chi connectivity index (χ0) is 18.6. The average Bonchev–Trinajstić information content (AvgIpc) is 3.13. The molecule has 1 aromatic heterocycles. The van der Waals surface area contributed by atoms with E-state index in [4.69, 9.17) is 9.47 Å². The minimum Gasteiger partial charge on any atom is -0.497 e. The highest BCUT2D eigenvalue weighted by atomic mass is 19.4. The van der Waals surface area contributed by atoms with E-state index in [2.05, 4.69) is 15.3 Å². The number of nitrogens with one attached hydrogen (secondary N) is 1. The van der Waals surface area contributed by atoms with Gasteiger partial charge >= 0.3 is 6.18 Å². The van der Waals surface area contributed by atoms with Crippen LogP contribution in [0.2, 0.25) is 0 Å². The maximum Gasteiger partial charge on any atom is 0.433 e. The van der Waals surface area contributed by atoms with Crippen LogP contribution in [0, 0.1) is 0 Å². The summed E-state index contributed by atoms with van der Waals surface area (Å²) in [6.07, 6.45) is 1.02. The molecule has 0 aliphatic heterocycles. The van der Waals surface area contributed by atoms with Crippen molar-refractivity contribution in [3.8, 4) is 11.5 Å². The Bertz CT molecular complexity index is 747. The Morgan fingerprint density at radius 2 is 1.96 bits per heavy atom. The predicted octanol–water partition coefficient (Wildman–Crippen LogP) is 4.44. The number of anilines is 1. The van der Waals surface area contributed by atoms with Gasteiger partial charge in [-0.25, -0.2) is 9.97 Å². The molecule has 1 fully saturated rings. The van der Waals surface area contributed by atoms with Crippen LogP contribution in [0.15, 0.2) is 30.5 Å².